The molecule has 20 heteroatoms. The largest absolute Gasteiger partial charge is 0.471 e. The zero-order valence-electron chi connectivity index (χ0n) is 19.1. The fraction of sp³-hybridized carbons (Fsp3) is 0.778. The lowest BCUT2D eigenvalue weighted by Crippen LogP contribution is -2.72. The van der Waals surface area contributed by atoms with Crippen LogP contribution in [0, 0.1) is 0 Å². The van der Waals surface area contributed by atoms with Crippen molar-refractivity contribution in [1.82, 2.24) is 15.5 Å². The van der Waals surface area contributed by atoms with Crippen LogP contribution < -0.4 is 16.4 Å². The standard InChI is InChI=1S/C18H22F12N4O4/c19-15(20,21)10(35)14(11(36)16(22,23)24,4-9-33-7-2-1-6-32-8-3-5-31)34(12(37)17(25,26)27)13(38)18(28,29)30/h32-33H,1-9,31H2. The number of nitrogens with zero attached hydrogens (tertiary/aromatic N) is 1. The van der Waals surface area contributed by atoms with Gasteiger partial charge in [0, 0.05) is 0 Å². The molecule has 0 spiro atoms. The topological polar surface area (TPSA) is 122 Å². The van der Waals surface area contributed by atoms with Crippen molar-refractivity contribution in [3.05, 3.63) is 0 Å². The molecule has 38 heavy (non-hydrogen) atoms. The monoisotopic (exact) mass is 586 g/mol. The summed E-state index contributed by atoms with van der Waals surface area (Å²) in [7, 11) is 0. The molecule has 0 atom stereocenters. The average molecular weight is 586 g/mol. The summed E-state index contributed by atoms with van der Waals surface area (Å²) in [6.45, 7) is -0.513. The van der Waals surface area contributed by atoms with E-state index in [9.17, 15) is 71.9 Å². The number of hydrogen-bond donors (Lipinski definition) is 3. The van der Waals surface area contributed by atoms with Crippen molar-refractivity contribution in [3.8, 4) is 0 Å². The summed E-state index contributed by atoms with van der Waals surface area (Å²) in [5.41, 5.74) is -0.366. The van der Waals surface area contributed by atoms with Gasteiger partial charge in [-0.15, -0.1) is 0 Å². The molecule has 4 N–H and O–H groups in total. The Kier molecular flexibility index (Phi) is 12.7. The zero-order chi connectivity index (χ0) is 30.2. The molecule has 0 bridgehead atoms. The number of imide groups is 1. The summed E-state index contributed by atoms with van der Waals surface area (Å²) in [4.78, 5) is 44.7. The van der Waals surface area contributed by atoms with Crippen molar-refractivity contribution in [2.45, 2.75) is 55.9 Å². The molecular weight excluding hydrogens is 564 g/mol. The predicted molar refractivity (Wildman–Crippen MR) is 102 cm³/mol. The van der Waals surface area contributed by atoms with Gasteiger partial charge in [-0.3, -0.25) is 19.2 Å². The number of rotatable bonds is 14. The number of ketones is 2. The van der Waals surface area contributed by atoms with Crippen molar-refractivity contribution < 1.29 is 71.9 Å². The van der Waals surface area contributed by atoms with E-state index in [1.54, 1.807) is 0 Å². The Bertz CT molecular complexity index is 785. The molecule has 0 aliphatic heterocycles. The molecule has 0 aliphatic carbocycles. The number of nitrogens with one attached hydrogen (secondary N) is 2. The van der Waals surface area contributed by atoms with Crippen LogP contribution in [0.25, 0.3) is 0 Å². The maximum absolute atomic E-state index is 13.3. The van der Waals surface area contributed by atoms with E-state index in [0.29, 0.717) is 32.5 Å². The Balaban J connectivity index is 6.53. The number of alkyl halides is 12. The quantitative estimate of drug-likeness (QED) is 0.162. The normalized spacial score (nSPS) is 13.4. The third-order valence-corrected chi connectivity index (χ3v) is 4.72. The van der Waals surface area contributed by atoms with Gasteiger partial charge in [-0.1, -0.05) is 0 Å². The minimum atomic E-state index is -6.71. The highest BCUT2D eigenvalue weighted by Crippen LogP contribution is 2.40. The van der Waals surface area contributed by atoms with Crippen LogP contribution in [0.2, 0.25) is 0 Å². The number of Topliss-reactive ketones (excluding diaryl/α,β-unsaturated/α-hetero) is 2. The Morgan fingerprint density at radius 3 is 1.21 bits per heavy atom. The van der Waals surface area contributed by atoms with Crippen molar-refractivity contribution in [2.75, 3.05) is 32.7 Å². The van der Waals surface area contributed by atoms with Gasteiger partial charge in [-0.05, 0) is 58.4 Å². The van der Waals surface area contributed by atoms with Gasteiger partial charge in [0.05, 0.1) is 0 Å². The first kappa shape index (κ1) is 35.5. The molecule has 0 aromatic rings. The predicted octanol–water partition coefficient (Wildman–Crippen LogP) is 2.17. The van der Waals surface area contributed by atoms with Crippen molar-refractivity contribution in [1.29, 1.82) is 0 Å². The van der Waals surface area contributed by atoms with Crippen molar-refractivity contribution in [2.24, 2.45) is 5.73 Å². The van der Waals surface area contributed by atoms with E-state index >= 15 is 0 Å². The third kappa shape index (κ3) is 9.68. The molecule has 0 aliphatic rings. The van der Waals surface area contributed by atoms with E-state index in [2.05, 4.69) is 10.6 Å². The average Bonchev–Trinajstić information content (AvgIpc) is 2.75. The van der Waals surface area contributed by atoms with Gasteiger partial charge in [0.15, 0.2) is 5.54 Å². The minimum absolute atomic E-state index is 0.107. The first-order chi connectivity index (χ1) is 17.1. The molecule has 0 fully saturated rings. The molecule has 0 aromatic carbocycles. The highest BCUT2D eigenvalue weighted by atomic mass is 19.4. The van der Waals surface area contributed by atoms with Crippen LogP contribution in [0.4, 0.5) is 52.7 Å². The molecule has 0 radical (unpaired) electrons. The Labute approximate surface area is 206 Å². The first-order valence-electron chi connectivity index (χ1n) is 10.4. The summed E-state index contributed by atoms with van der Waals surface area (Å²) in [6, 6.07) is 0. The van der Waals surface area contributed by atoms with Crippen LogP contribution in [0.5, 0.6) is 0 Å². The van der Waals surface area contributed by atoms with Crippen LogP contribution in [-0.4, -0.2) is 91.2 Å². The van der Waals surface area contributed by atoms with E-state index in [0.717, 1.165) is 0 Å². The number of carbonyl (C=O) groups excluding carboxylic acids is 4. The lowest BCUT2D eigenvalue weighted by atomic mass is 9.81. The lowest BCUT2D eigenvalue weighted by molar-refractivity contribution is -0.224. The second kappa shape index (κ2) is 13.5. The van der Waals surface area contributed by atoms with Crippen LogP contribution in [0.3, 0.4) is 0 Å². The maximum Gasteiger partial charge on any atom is 0.471 e. The molecule has 0 unspecified atom stereocenters. The minimum Gasteiger partial charge on any atom is -0.330 e. The van der Waals surface area contributed by atoms with Gasteiger partial charge < -0.3 is 16.4 Å². The van der Waals surface area contributed by atoms with E-state index in [4.69, 9.17) is 5.73 Å². The summed E-state index contributed by atoms with van der Waals surface area (Å²) in [5.74, 6) is -16.7. The number of amides is 2. The molecule has 8 nitrogen and oxygen atoms in total. The second-order valence-corrected chi connectivity index (χ2v) is 7.55. The molecule has 222 valence electrons. The van der Waals surface area contributed by atoms with Gasteiger partial charge in [-0.25, -0.2) is 4.90 Å². The van der Waals surface area contributed by atoms with Crippen molar-refractivity contribution in [3.63, 3.8) is 0 Å². The molecule has 0 saturated heterocycles. The number of nitrogens with two attached hydrogens (primary N) is 1. The zero-order valence-corrected chi connectivity index (χ0v) is 19.1. The van der Waals surface area contributed by atoms with E-state index in [1.165, 1.54) is 0 Å². The van der Waals surface area contributed by atoms with Crippen LogP contribution >= 0.6 is 0 Å². The van der Waals surface area contributed by atoms with Crippen LogP contribution in [-0.2, 0) is 19.2 Å². The van der Waals surface area contributed by atoms with E-state index < -0.39 is 71.5 Å². The van der Waals surface area contributed by atoms with Gasteiger partial charge in [0.2, 0.25) is 0 Å². The summed E-state index contributed by atoms with van der Waals surface area (Å²) >= 11 is 0. The number of carbonyl (C=O) groups is 4. The van der Waals surface area contributed by atoms with Gasteiger partial charge >= 0.3 is 36.5 Å². The maximum atomic E-state index is 13.3. The molecule has 0 heterocycles. The van der Waals surface area contributed by atoms with E-state index in [-0.39, 0.29) is 13.0 Å². The highest BCUT2D eigenvalue weighted by Gasteiger charge is 2.72. The number of unbranched alkanes of at least 4 members (excludes halogenated alkanes) is 1. The molecule has 0 rings (SSSR count). The molecule has 0 saturated carbocycles. The lowest BCUT2D eigenvalue weighted by Gasteiger charge is -2.40. The number of halogens is 12. The SMILES string of the molecule is NCCCNCCCCNCCC(C(=O)C(F)(F)F)(C(=O)C(F)(F)F)N(C(=O)C(F)(F)F)C(=O)C(F)(F)F. The Hall–Kier alpha value is -2.48. The fourth-order valence-corrected chi connectivity index (χ4v) is 3.05. The summed E-state index contributed by atoms with van der Waals surface area (Å²) in [6.07, 6.45) is -28.2. The van der Waals surface area contributed by atoms with Crippen molar-refractivity contribution >= 4 is 23.4 Å². The highest BCUT2D eigenvalue weighted by molar-refractivity contribution is 6.21. The molecular formula is C18H22F12N4O4. The third-order valence-electron chi connectivity index (χ3n) is 4.72. The summed E-state index contributed by atoms with van der Waals surface area (Å²) in [5, 5.41) is 4.96. The van der Waals surface area contributed by atoms with Gasteiger partial charge in [-0.2, -0.15) is 52.7 Å². The summed E-state index contributed by atoms with van der Waals surface area (Å²) < 4.78 is 158. The smallest absolute Gasteiger partial charge is 0.330 e. The Morgan fingerprint density at radius 2 is 0.895 bits per heavy atom. The molecule has 0 aromatic heterocycles. The van der Waals surface area contributed by atoms with Gasteiger partial charge in [0.1, 0.15) is 0 Å². The van der Waals surface area contributed by atoms with Crippen LogP contribution in [0.15, 0.2) is 0 Å². The molecule has 2 amide bonds. The number of hydrogen-bond acceptors (Lipinski definition) is 7. The van der Waals surface area contributed by atoms with E-state index in [1.807, 2.05) is 0 Å². The van der Waals surface area contributed by atoms with Crippen LogP contribution in [0.1, 0.15) is 25.7 Å². The fourth-order valence-electron chi connectivity index (χ4n) is 3.05. The Morgan fingerprint density at radius 1 is 0.553 bits per heavy atom. The second-order valence-electron chi connectivity index (χ2n) is 7.55. The first-order valence-corrected chi connectivity index (χ1v) is 10.4. The van der Waals surface area contributed by atoms with Gasteiger partial charge in [0.25, 0.3) is 11.6 Å².